The van der Waals surface area contributed by atoms with Gasteiger partial charge in [-0.2, -0.15) is 8.42 Å². The van der Waals surface area contributed by atoms with Gasteiger partial charge in [0.2, 0.25) is 0 Å². The van der Waals surface area contributed by atoms with Gasteiger partial charge in [0.25, 0.3) is 10.1 Å². The maximum absolute atomic E-state index is 12.0. The zero-order valence-electron chi connectivity index (χ0n) is 9.43. The fourth-order valence-electron chi connectivity index (χ4n) is 3.30. The van der Waals surface area contributed by atoms with E-state index in [1.54, 1.807) is 0 Å². The Bertz CT molecular complexity index is 460. The Morgan fingerprint density at radius 3 is 2.44 bits per heavy atom. The van der Waals surface area contributed by atoms with Crippen molar-refractivity contribution in [2.75, 3.05) is 0 Å². The van der Waals surface area contributed by atoms with Crippen LogP contribution in [-0.4, -0.2) is 18.8 Å². The van der Waals surface area contributed by atoms with E-state index in [9.17, 15) is 13.2 Å². The monoisotopic (exact) mass is 244 g/mol. The largest absolute Gasteiger partial charge is 0.299 e. The van der Waals surface area contributed by atoms with Crippen LogP contribution in [0.25, 0.3) is 0 Å². The van der Waals surface area contributed by atoms with Crippen LogP contribution in [0.4, 0.5) is 0 Å². The lowest BCUT2D eigenvalue weighted by atomic mass is 9.69. The molecule has 0 aromatic carbocycles. The quantitative estimate of drug-likeness (QED) is 0.752. The van der Waals surface area contributed by atoms with Crippen molar-refractivity contribution in [3.05, 3.63) is 11.5 Å². The summed E-state index contributed by atoms with van der Waals surface area (Å²) in [6.07, 6.45) is 3.57. The van der Waals surface area contributed by atoms with Gasteiger partial charge < -0.3 is 0 Å². The van der Waals surface area contributed by atoms with Crippen LogP contribution >= 0.6 is 0 Å². The standard InChI is InChI=1S/C11H16O4S/c1-10(2)8-3-4-11(10,9(12)7-8)5-6-16(13,14)15/h5-6,8H,3-4,7H2,1-2H3,(H,13,14,15)/b6-5-/t8-,11-/m0/s1. The molecular formula is C11H16O4S. The zero-order valence-corrected chi connectivity index (χ0v) is 10.3. The number of carbonyl (C=O) groups excluding carboxylic acids is 1. The van der Waals surface area contributed by atoms with Crippen molar-refractivity contribution in [3.63, 3.8) is 0 Å². The van der Waals surface area contributed by atoms with Gasteiger partial charge in [0, 0.05) is 6.42 Å². The number of ketones is 1. The van der Waals surface area contributed by atoms with Gasteiger partial charge in [0.05, 0.1) is 10.8 Å². The van der Waals surface area contributed by atoms with Crippen molar-refractivity contribution in [2.45, 2.75) is 33.1 Å². The van der Waals surface area contributed by atoms with Gasteiger partial charge in [-0.3, -0.25) is 9.35 Å². The van der Waals surface area contributed by atoms with Gasteiger partial charge >= 0.3 is 0 Å². The SMILES string of the molecule is CC1(C)[C@H]2CC[C@]1(/C=C\S(=O)(=O)O)C(=O)C2. The van der Waals surface area contributed by atoms with E-state index in [1.807, 2.05) is 13.8 Å². The van der Waals surface area contributed by atoms with Gasteiger partial charge in [-0.05, 0) is 24.2 Å². The lowest BCUT2D eigenvalue weighted by molar-refractivity contribution is -0.126. The molecule has 0 spiro atoms. The van der Waals surface area contributed by atoms with Crippen LogP contribution in [0.2, 0.25) is 0 Å². The molecule has 0 heterocycles. The highest BCUT2D eigenvalue weighted by Gasteiger charge is 2.62. The second kappa shape index (κ2) is 3.17. The molecule has 5 heteroatoms. The minimum absolute atomic E-state index is 0.105. The third-order valence-electron chi connectivity index (χ3n) is 4.51. The van der Waals surface area contributed by atoms with Crippen LogP contribution in [0.5, 0.6) is 0 Å². The number of carbonyl (C=O) groups is 1. The highest BCUT2D eigenvalue weighted by Crippen LogP contribution is 2.64. The van der Waals surface area contributed by atoms with E-state index in [0.29, 0.717) is 18.8 Å². The minimum Gasteiger partial charge on any atom is -0.299 e. The molecule has 2 aliphatic carbocycles. The topological polar surface area (TPSA) is 71.4 Å². The smallest absolute Gasteiger partial charge is 0.287 e. The molecule has 0 unspecified atom stereocenters. The van der Waals surface area contributed by atoms with E-state index >= 15 is 0 Å². The summed E-state index contributed by atoms with van der Waals surface area (Å²) in [5, 5.41) is 0.764. The van der Waals surface area contributed by atoms with E-state index in [0.717, 1.165) is 11.8 Å². The normalized spacial score (nSPS) is 37.4. The summed E-state index contributed by atoms with van der Waals surface area (Å²) in [7, 11) is -4.15. The first-order valence-corrected chi connectivity index (χ1v) is 6.89. The van der Waals surface area contributed by atoms with Crippen LogP contribution in [-0.2, 0) is 14.9 Å². The molecular weight excluding hydrogens is 228 g/mol. The van der Waals surface area contributed by atoms with Gasteiger partial charge in [-0.1, -0.05) is 19.9 Å². The van der Waals surface area contributed by atoms with E-state index in [1.165, 1.54) is 6.08 Å². The Morgan fingerprint density at radius 1 is 1.44 bits per heavy atom. The molecule has 0 saturated heterocycles. The highest BCUT2D eigenvalue weighted by molar-refractivity contribution is 7.88. The minimum atomic E-state index is -4.15. The van der Waals surface area contributed by atoms with Gasteiger partial charge in [0.15, 0.2) is 0 Å². The van der Waals surface area contributed by atoms with Gasteiger partial charge in [-0.25, -0.2) is 0 Å². The molecule has 2 saturated carbocycles. The maximum atomic E-state index is 12.0. The summed E-state index contributed by atoms with van der Waals surface area (Å²) >= 11 is 0. The van der Waals surface area contributed by atoms with Crippen LogP contribution < -0.4 is 0 Å². The van der Waals surface area contributed by atoms with Crippen LogP contribution in [0, 0.1) is 16.7 Å². The molecule has 2 bridgehead atoms. The number of fused-ring (bicyclic) bond motifs is 2. The molecule has 0 aromatic rings. The molecule has 1 N–H and O–H groups in total. The molecule has 2 fully saturated rings. The van der Waals surface area contributed by atoms with Crippen molar-refractivity contribution in [2.24, 2.45) is 16.7 Å². The summed E-state index contributed by atoms with van der Waals surface area (Å²) in [5.74, 6) is 0.444. The van der Waals surface area contributed by atoms with Gasteiger partial charge in [0.1, 0.15) is 5.78 Å². The maximum Gasteiger partial charge on any atom is 0.287 e. The van der Waals surface area contributed by atoms with Crippen LogP contribution in [0.3, 0.4) is 0 Å². The van der Waals surface area contributed by atoms with E-state index in [-0.39, 0.29) is 11.2 Å². The predicted octanol–water partition coefficient (Wildman–Crippen LogP) is 1.78. The first-order chi connectivity index (χ1) is 7.19. The molecule has 16 heavy (non-hydrogen) atoms. The summed E-state index contributed by atoms with van der Waals surface area (Å²) in [6, 6.07) is 0. The summed E-state index contributed by atoms with van der Waals surface area (Å²) in [4.78, 5) is 12.0. The number of Topliss-reactive ketones (excluding diaryl/α,β-unsaturated/α-hetero) is 1. The average Bonchev–Trinajstić information content (AvgIpc) is 2.46. The Kier molecular flexibility index (Phi) is 2.34. The lowest BCUT2D eigenvalue weighted by Crippen LogP contribution is -2.33. The number of rotatable bonds is 2. The molecule has 2 rings (SSSR count). The second-order valence-electron chi connectivity index (χ2n) is 5.37. The Balaban J connectivity index is 2.44. The Labute approximate surface area is 95.5 Å². The fourth-order valence-corrected chi connectivity index (χ4v) is 3.71. The van der Waals surface area contributed by atoms with Crippen LogP contribution in [0.15, 0.2) is 11.5 Å². The number of allylic oxidation sites excluding steroid dienone is 1. The molecule has 0 radical (unpaired) electrons. The zero-order chi connectivity index (χ0) is 12.2. The molecule has 0 aliphatic heterocycles. The first kappa shape index (κ1) is 11.8. The molecule has 0 amide bonds. The van der Waals surface area contributed by atoms with E-state index < -0.39 is 15.5 Å². The molecule has 90 valence electrons. The average molecular weight is 244 g/mol. The highest BCUT2D eigenvalue weighted by atomic mass is 32.2. The molecule has 2 aliphatic rings. The molecule has 4 nitrogen and oxygen atoms in total. The summed E-state index contributed by atoms with van der Waals surface area (Å²) in [6.45, 7) is 4.01. The van der Waals surface area contributed by atoms with E-state index in [2.05, 4.69) is 0 Å². The fraction of sp³-hybridized carbons (Fsp3) is 0.727. The van der Waals surface area contributed by atoms with Crippen molar-refractivity contribution in [3.8, 4) is 0 Å². The molecule has 2 atom stereocenters. The van der Waals surface area contributed by atoms with Crippen molar-refractivity contribution in [1.29, 1.82) is 0 Å². The third kappa shape index (κ3) is 1.45. The molecule has 0 aromatic heterocycles. The van der Waals surface area contributed by atoms with Crippen molar-refractivity contribution < 1.29 is 17.8 Å². The third-order valence-corrected chi connectivity index (χ3v) is 4.99. The van der Waals surface area contributed by atoms with E-state index in [4.69, 9.17) is 4.55 Å². The summed E-state index contributed by atoms with van der Waals surface area (Å²) < 4.78 is 30.2. The Morgan fingerprint density at radius 2 is 2.06 bits per heavy atom. The van der Waals surface area contributed by atoms with Crippen molar-refractivity contribution in [1.82, 2.24) is 0 Å². The van der Waals surface area contributed by atoms with Crippen LogP contribution in [0.1, 0.15) is 33.1 Å². The lowest BCUT2D eigenvalue weighted by Gasteiger charge is -2.33. The predicted molar refractivity (Wildman–Crippen MR) is 59.3 cm³/mol. The first-order valence-electron chi connectivity index (χ1n) is 5.39. The second-order valence-corrected chi connectivity index (χ2v) is 6.68. The Hall–Kier alpha value is -0.680. The number of hydrogen-bond donors (Lipinski definition) is 1. The van der Waals surface area contributed by atoms with Crippen molar-refractivity contribution >= 4 is 15.9 Å². The van der Waals surface area contributed by atoms with Gasteiger partial charge in [-0.15, -0.1) is 0 Å². The summed E-state index contributed by atoms with van der Waals surface area (Å²) in [5.41, 5.74) is -0.890. The number of hydrogen-bond acceptors (Lipinski definition) is 3.